The van der Waals surface area contributed by atoms with E-state index in [9.17, 15) is 9.59 Å². The Labute approximate surface area is 123 Å². The van der Waals surface area contributed by atoms with Gasteiger partial charge >= 0.3 is 11.8 Å². The molecule has 0 aliphatic carbocycles. The summed E-state index contributed by atoms with van der Waals surface area (Å²) in [6.07, 6.45) is 0.899. The van der Waals surface area contributed by atoms with Gasteiger partial charge in [-0.15, -0.1) is 11.3 Å². The molecule has 1 aliphatic rings. The molecule has 5 nitrogen and oxygen atoms in total. The summed E-state index contributed by atoms with van der Waals surface area (Å²) in [7, 11) is 0. The van der Waals surface area contributed by atoms with Gasteiger partial charge in [0.25, 0.3) is 0 Å². The van der Waals surface area contributed by atoms with E-state index in [1.807, 2.05) is 24.4 Å². The molecule has 0 saturated carbocycles. The van der Waals surface area contributed by atoms with Gasteiger partial charge in [-0.3, -0.25) is 9.59 Å². The van der Waals surface area contributed by atoms with Gasteiger partial charge in [0.1, 0.15) is 0 Å². The van der Waals surface area contributed by atoms with Crippen molar-refractivity contribution in [3.8, 4) is 0 Å². The molecule has 1 saturated heterocycles. The zero-order valence-electron chi connectivity index (χ0n) is 11.8. The van der Waals surface area contributed by atoms with Crippen molar-refractivity contribution in [3.05, 3.63) is 22.4 Å². The highest BCUT2D eigenvalue weighted by Gasteiger charge is 2.26. The highest BCUT2D eigenvalue weighted by Crippen LogP contribution is 2.12. The van der Waals surface area contributed by atoms with Crippen molar-refractivity contribution >= 4 is 23.2 Å². The number of likely N-dealkylation sites (N-methyl/N-ethyl adjacent to an activating group) is 1. The Hall–Kier alpha value is -1.40. The van der Waals surface area contributed by atoms with Crippen LogP contribution in [0.1, 0.15) is 18.2 Å². The lowest BCUT2D eigenvalue weighted by atomic mass is 10.3. The maximum atomic E-state index is 12.3. The molecule has 2 heterocycles. The quantitative estimate of drug-likeness (QED) is 0.844. The van der Waals surface area contributed by atoms with Crippen molar-refractivity contribution in [2.24, 2.45) is 0 Å². The number of nitrogens with zero attached hydrogens (tertiary/aromatic N) is 2. The van der Waals surface area contributed by atoms with E-state index < -0.39 is 0 Å². The van der Waals surface area contributed by atoms with Crippen molar-refractivity contribution in [2.45, 2.75) is 19.9 Å². The van der Waals surface area contributed by atoms with E-state index in [1.165, 1.54) is 0 Å². The first-order valence-corrected chi connectivity index (χ1v) is 7.91. The molecule has 0 bridgehead atoms. The molecule has 2 rings (SSSR count). The lowest BCUT2D eigenvalue weighted by Crippen LogP contribution is -2.46. The van der Waals surface area contributed by atoms with Crippen LogP contribution in [0, 0.1) is 0 Å². The van der Waals surface area contributed by atoms with Gasteiger partial charge in [0.15, 0.2) is 0 Å². The van der Waals surface area contributed by atoms with Crippen LogP contribution in [-0.4, -0.2) is 54.3 Å². The second kappa shape index (κ2) is 7.40. The largest absolute Gasteiger partial charge is 0.333 e. The first-order valence-electron chi connectivity index (χ1n) is 7.03. The first-order chi connectivity index (χ1) is 9.72. The standard InChI is InChI=1S/C14H21N3O2S/c1-2-16(11-12-5-3-10-20-12)13(18)14(19)17-8-4-6-15-7-9-17/h3,5,10,15H,2,4,6-9,11H2,1H3. The number of hydrogen-bond acceptors (Lipinski definition) is 4. The Kier molecular flexibility index (Phi) is 5.55. The summed E-state index contributed by atoms with van der Waals surface area (Å²) in [5.41, 5.74) is 0. The normalized spacial score (nSPS) is 15.8. The minimum absolute atomic E-state index is 0.368. The summed E-state index contributed by atoms with van der Waals surface area (Å²) in [5, 5.41) is 5.22. The molecule has 1 N–H and O–H groups in total. The minimum atomic E-state index is -0.386. The Balaban J connectivity index is 1.97. The van der Waals surface area contributed by atoms with Crippen LogP contribution in [0.2, 0.25) is 0 Å². The number of carbonyl (C=O) groups excluding carboxylic acids is 2. The molecule has 6 heteroatoms. The molecular weight excluding hydrogens is 274 g/mol. The highest BCUT2D eigenvalue weighted by atomic mass is 32.1. The number of rotatable bonds is 3. The summed E-state index contributed by atoms with van der Waals surface area (Å²) >= 11 is 1.61. The van der Waals surface area contributed by atoms with Crippen molar-refractivity contribution in [3.63, 3.8) is 0 Å². The maximum Gasteiger partial charge on any atom is 0.312 e. The van der Waals surface area contributed by atoms with Crippen LogP contribution >= 0.6 is 11.3 Å². The van der Waals surface area contributed by atoms with E-state index in [-0.39, 0.29) is 11.8 Å². The third-order valence-electron chi connectivity index (χ3n) is 3.41. The third-order valence-corrected chi connectivity index (χ3v) is 4.27. The summed E-state index contributed by atoms with van der Waals surface area (Å²) in [6.45, 7) is 5.91. The second-order valence-corrected chi connectivity index (χ2v) is 5.83. The molecule has 0 unspecified atom stereocenters. The van der Waals surface area contributed by atoms with Crippen molar-refractivity contribution < 1.29 is 9.59 Å². The van der Waals surface area contributed by atoms with Gasteiger partial charge in [0.2, 0.25) is 0 Å². The molecule has 0 radical (unpaired) electrons. The Bertz CT molecular complexity index is 439. The van der Waals surface area contributed by atoms with E-state index in [0.717, 1.165) is 24.4 Å². The predicted octanol–water partition coefficient (Wildman–Crippen LogP) is 0.918. The van der Waals surface area contributed by atoms with Crippen LogP contribution in [0.4, 0.5) is 0 Å². The number of amides is 2. The fraction of sp³-hybridized carbons (Fsp3) is 0.571. The fourth-order valence-electron chi connectivity index (χ4n) is 2.24. The van der Waals surface area contributed by atoms with Gasteiger partial charge < -0.3 is 15.1 Å². The molecule has 20 heavy (non-hydrogen) atoms. The van der Waals surface area contributed by atoms with E-state index in [1.54, 1.807) is 21.1 Å². The molecule has 1 aliphatic heterocycles. The number of thiophene rings is 1. The third kappa shape index (κ3) is 3.80. The monoisotopic (exact) mass is 295 g/mol. The van der Waals surface area contributed by atoms with E-state index in [2.05, 4.69) is 5.32 Å². The summed E-state index contributed by atoms with van der Waals surface area (Å²) in [6, 6.07) is 3.95. The first kappa shape index (κ1) is 15.0. The van der Waals surface area contributed by atoms with E-state index in [0.29, 0.717) is 26.2 Å². The van der Waals surface area contributed by atoms with Crippen LogP contribution in [0.25, 0.3) is 0 Å². The molecule has 1 aromatic rings. The number of nitrogens with one attached hydrogen (secondary N) is 1. The van der Waals surface area contributed by atoms with Crippen LogP contribution in [-0.2, 0) is 16.1 Å². The predicted molar refractivity (Wildman–Crippen MR) is 79.5 cm³/mol. The smallest absolute Gasteiger partial charge is 0.312 e. The molecular formula is C14H21N3O2S. The molecule has 0 spiro atoms. The van der Waals surface area contributed by atoms with Crippen molar-refractivity contribution in [1.29, 1.82) is 0 Å². The number of carbonyl (C=O) groups is 2. The molecule has 2 amide bonds. The van der Waals surface area contributed by atoms with E-state index in [4.69, 9.17) is 0 Å². The Morgan fingerprint density at radius 3 is 2.95 bits per heavy atom. The van der Waals surface area contributed by atoms with Gasteiger partial charge in [0, 0.05) is 31.1 Å². The molecule has 0 aromatic carbocycles. The van der Waals surface area contributed by atoms with Crippen LogP contribution in [0.3, 0.4) is 0 Å². The molecule has 0 atom stereocenters. The minimum Gasteiger partial charge on any atom is -0.333 e. The molecule has 1 fully saturated rings. The SMILES string of the molecule is CCN(Cc1cccs1)C(=O)C(=O)N1CCCNCC1. The van der Waals surface area contributed by atoms with E-state index >= 15 is 0 Å². The number of hydrogen-bond donors (Lipinski definition) is 1. The zero-order chi connectivity index (χ0) is 14.4. The lowest BCUT2D eigenvalue weighted by molar-refractivity contribution is -0.152. The topological polar surface area (TPSA) is 52.7 Å². The Morgan fingerprint density at radius 1 is 1.40 bits per heavy atom. The van der Waals surface area contributed by atoms with Crippen LogP contribution < -0.4 is 5.32 Å². The van der Waals surface area contributed by atoms with Gasteiger partial charge in [0.05, 0.1) is 6.54 Å². The highest BCUT2D eigenvalue weighted by molar-refractivity contribution is 7.09. The second-order valence-electron chi connectivity index (χ2n) is 4.79. The van der Waals surface area contributed by atoms with Crippen molar-refractivity contribution in [1.82, 2.24) is 15.1 Å². The van der Waals surface area contributed by atoms with Crippen LogP contribution in [0.5, 0.6) is 0 Å². The van der Waals surface area contributed by atoms with Crippen LogP contribution in [0.15, 0.2) is 17.5 Å². The summed E-state index contributed by atoms with van der Waals surface area (Å²) in [5.74, 6) is -0.755. The van der Waals surface area contributed by atoms with Gasteiger partial charge in [-0.05, 0) is 31.3 Å². The van der Waals surface area contributed by atoms with Gasteiger partial charge in [-0.1, -0.05) is 6.07 Å². The zero-order valence-corrected chi connectivity index (χ0v) is 12.6. The fourth-order valence-corrected chi connectivity index (χ4v) is 2.96. The molecule has 1 aromatic heterocycles. The average Bonchev–Trinajstić information content (AvgIpc) is 2.83. The van der Waals surface area contributed by atoms with Gasteiger partial charge in [-0.2, -0.15) is 0 Å². The molecule has 110 valence electrons. The summed E-state index contributed by atoms with van der Waals surface area (Å²) < 4.78 is 0. The van der Waals surface area contributed by atoms with Crippen molar-refractivity contribution in [2.75, 3.05) is 32.7 Å². The summed E-state index contributed by atoms with van der Waals surface area (Å²) in [4.78, 5) is 29.0. The maximum absolute atomic E-state index is 12.3. The Morgan fingerprint density at radius 2 is 2.25 bits per heavy atom. The average molecular weight is 295 g/mol. The lowest BCUT2D eigenvalue weighted by Gasteiger charge is -2.24. The van der Waals surface area contributed by atoms with Gasteiger partial charge in [-0.25, -0.2) is 0 Å².